The second-order valence-electron chi connectivity index (χ2n) is 7.08. The molecule has 18 nitrogen and oxygen atoms in total. The van der Waals surface area contributed by atoms with Gasteiger partial charge in [-0.2, -0.15) is 8.62 Å². The lowest BCUT2D eigenvalue weighted by molar-refractivity contribution is -0.0478. The first-order chi connectivity index (χ1) is 16.2. The van der Waals surface area contributed by atoms with Gasteiger partial charge in [-0.25, -0.2) is 28.6 Å². The van der Waals surface area contributed by atoms with E-state index in [1.54, 1.807) is 0 Å². The Morgan fingerprint density at radius 2 is 1.86 bits per heavy atom. The number of rotatable bonds is 9. The number of nitrogen functional groups attached to an aromatic ring is 1. The highest BCUT2D eigenvalue weighted by Gasteiger charge is 2.43. The van der Waals surface area contributed by atoms with Crippen LogP contribution in [-0.2, 0) is 31.6 Å². The molecule has 0 aliphatic carbocycles. The van der Waals surface area contributed by atoms with Gasteiger partial charge < -0.3 is 44.1 Å². The van der Waals surface area contributed by atoms with Crippen LogP contribution >= 0.6 is 23.5 Å². The van der Waals surface area contributed by atoms with Crippen molar-refractivity contribution in [2.75, 3.05) is 12.3 Å². The van der Waals surface area contributed by atoms with E-state index in [4.69, 9.17) is 24.7 Å². The van der Waals surface area contributed by atoms with Crippen LogP contribution in [-0.4, -0.2) is 63.0 Å². The highest BCUT2D eigenvalue weighted by molar-refractivity contribution is 7.66. The summed E-state index contributed by atoms with van der Waals surface area (Å²) in [5.41, 5.74) is 6.67. The molecule has 5 atom stereocenters. The van der Waals surface area contributed by atoms with Crippen molar-refractivity contribution >= 4 is 40.3 Å². The molecule has 0 aromatic carbocycles. The Morgan fingerprint density at radius 3 is 2.51 bits per heavy atom. The fourth-order valence-corrected chi connectivity index (χ4v) is 6.44. The summed E-state index contributed by atoms with van der Waals surface area (Å²) in [6.45, 7) is -0.722. The first kappa shape index (κ1) is 26.0. The van der Waals surface area contributed by atoms with Gasteiger partial charge in [-0.05, 0) is 0 Å². The van der Waals surface area contributed by atoms with E-state index in [-0.39, 0.29) is 23.8 Å². The first-order valence-electron chi connectivity index (χ1n) is 9.37. The Labute approximate surface area is 194 Å². The molecule has 1 aliphatic rings. The van der Waals surface area contributed by atoms with Gasteiger partial charge in [0.2, 0.25) is 5.89 Å². The van der Waals surface area contributed by atoms with Crippen LogP contribution in [0, 0.1) is 0 Å². The Kier molecular flexibility index (Phi) is 7.02. The lowest BCUT2D eigenvalue weighted by atomic mass is 10.2. The number of oxazole rings is 1. The van der Waals surface area contributed by atoms with Crippen LogP contribution in [0.15, 0.2) is 29.4 Å². The van der Waals surface area contributed by atoms with Crippen LogP contribution < -0.4 is 5.73 Å². The highest BCUT2D eigenvalue weighted by atomic mass is 31.3. The van der Waals surface area contributed by atoms with Crippen molar-refractivity contribution < 1.29 is 60.7 Å². The average molecular weight is 557 g/mol. The van der Waals surface area contributed by atoms with Crippen LogP contribution in [0.4, 0.5) is 5.82 Å². The number of aromatic nitrogens is 4. The quantitative estimate of drug-likeness (QED) is 0.197. The number of phosphoric ester groups is 1. The number of aliphatic hydroxyl groups is 1. The average Bonchev–Trinajstić information content (AvgIpc) is 3.42. The van der Waals surface area contributed by atoms with Gasteiger partial charge in [-0.1, -0.05) is 0 Å². The maximum atomic E-state index is 11.9. The van der Waals surface area contributed by atoms with E-state index in [1.165, 1.54) is 29.6 Å². The largest absolute Gasteiger partial charge is 0.490 e. The zero-order valence-corrected chi connectivity index (χ0v) is 19.8. The number of hydrogen-bond donors (Lipinski definition) is 6. The standard InChI is InChI=1S/C14H18N5O13P3/c15-11-10-8(13-16-1-2-28-13)4-19(12(10)18-6-17-11)14-9(20)3-7(30-14)5-29-34(24,25)32-35(26,27)31-33(21,22)23/h1-2,4,6-7,9,14,20H,3,5H2,(H,24,25)(H,26,27)(H2,15,17,18)(H2,21,22,23). The molecule has 1 aliphatic heterocycles. The molecule has 5 unspecified atom stereocenters. The van der Waals surface area contributed by atoms with Crippen LogP contribution in [0.25, 0.3) is 22.5 Å². The van der Waals surface area contributed by atoms with Crippen molar-refractivity contribution in [2.45, 2.75) is 24.9 Å². The Morgan fingerprint density at radius 1 is 1.11 bits per heavy atom. The molecule has 0 spiro atoms. The van der Waals surface area contributed by atoms with Crippen molar-refractivity contribution in [2.24, 2.45) is 0 Å². The van der Waals surface area contributed by atoms with Crippen molar-refractivity contribution in [3.63, 3.8) is 0 Å². The normalized spacial score (nSPS) is 24.4. The molecule has 0 amide bonds. The summed E-state index contributed by atoms with van der Waals surface area (Å²) in [7, 11) is -16.5. The maximum absolute atomic E-state index is 11.9. The van der Waals surface area contributed by atoms with Gasteiger partial charge in [-0.15, -0.1) is 0 Å². The fourth-order valence-electron chi connectivity index (χ4n) is 3.39. The third-order valence-electron chi connectivity index (χ3n) is 4.58. The number of fused-ring (bicyclic) bond motifs is 1. The summed E-state index contributed by atoms with van der Waals surface area (Å²) in [5.74, 6) is 0.311. The van der Waals surface area contributed by atoms with Crippen LogP contribution in [0.5, 0.6) is 0 Å². The third-order valence-corrected chi connectivity index (χ3v) is 8.38. The number of hydrogen-bond acceptors (Lipinski definition) is 13. The molecular weight excluding hydrogens is 539 g/mol. The third kappa shape index (κ3) is 6.03. The number of nitrogens with two attached hydrogens (primary N) is 1. The summed E-state index contributed by atoms with van der Waals surface area (Å²) < 4.78 is 58.4. The van der Waals surface area contributed by atoms with Gasteiger partial charge in [0.1, 0.15) is 30.2 Å². The molecular formula is C14H18N5O13P3. The van der Waals surface area contributed by atoms with Gasteiger partial charge in [0.05, 0.1) is 29.9 Å². The van der Waals surface area contributed by atoms with E-state index in [1.807, 2.05) is 0 Å². The maximum Gasteiger partial charge on any atom is 0.490 e. The lowest BCUT2D eigenvalue weighted by Gasteiger charge is -2.19. The number of nitrogens with zero attached hydrogens (tertiary/aromatic N) is 4. The zero-order valence-electron chi connectivity index (χ0n) is 17.2. The molecule has 1 fully saturated rings. The lowest BCUT2D eigenvalue weighted by Crippen LogP contribution is -2.19. The molecule has 0 saturated carbocycles. The Hall–Kier alpha value is -2.04. The van der Waals surface area contributed by atoms with Crippen molar-refractivity contribution in [3.8, 4) is 11.5 Å². The number of aliphatic hydroxyl groups excluding tert-OH is 1. The molecule has 4 rings (SSSR count). The topological polar surface area (TPSA) is 272 Å². The minimum absolute atomic E-state index is 0.110. The van der Waals surface area contributed by atoms with Crippen molar-refractivity contribution in [1.29, 1.82) is 0 Å². The molecule has 192 valence electrons. The second kappa shape index (κ2) is 9.44. The SMILES string of the molecule is Nc1ncnc2c1c(-c1ncco1)cn2C1OC(COP(=O)(O)OP(=O)(O)OP(=O)(O)O)CC1O. The summed E-state index contributed by atoms with van der Waals surface area (Å²) >= 11 is 0. The molecule has 3 aromatic heterocycles. The number of ether oxygens (including phenoxy) is 1. The smallest absolute Gasteiger partial charge is 0.444 e. The Balaban J connectivity index is 1.50. The van der Waals surface area contributed by atoms with E-state index < -0.39 is 48.5 Å². The summed E-state index contributed by atoms with van der Waals surface area (Å²) in [5, 5.41) is 10.9. The van der Waals surface area contributed by atoms with Gasteiger partial charge >= 0.3 is 23.5 Å². The minimum Gasteiger partial charge on any atom is -0.444 e. The van der Waals surface area contributed by atoms with E-state index in [2.05, 4.69) is 28.1 Å². The molecule has 21 heteroatoms. The molecule has 0 radical (unpaired) electrons. The van der Waals surface area contributed by atoms with Gasteiger partial charge in [0, 0.05) is 12.6 Å². The van der Waals surface area contributed by atoms with E-state index in [0.29, 0.717) is 10.9 Å². The summed E-state index contributed by atoms with van der Waals surface area (Å²) in [6.07, 6.45) is 2.08. The molecule has 3 aromatic rings. The Bertz CT molecular complexity index is 1360. The molecule has 0 bridgehead atoms. The van der Waals surface area contributed by atoms with Crippen LogP contribution in [0.3, 0.4) is 0 Å². The van der Waals surface area contributed by atoms with E-state index in [9.17, 15) is 28.6 Å². The first-order valence-corrected chi connectivity index (χ1v) is 13.9. The van der Waals surface area contributed by atoms with E-state index in [0.717, 1.165) is 0 Å². The summed E-state index contributed by atoms with van der Waals surface area (Å²) in [4.78, 5) is 48.1. The molecule has 1 saturated heterocycles. The molecule has 7 N–H and O–H groups in total. The zero-order chi connectivity index (χ0) is 25.6. The summed E-state index contributed by atoms with van der Waals surface area (Å²) in [6, 6.07) is 0. The van der Waals surface area contributed by atoms with Crippen molar-refractivity contribution in [3.05, 3.63) is 25.0 Å². The monoisotopic (exact) mass is 557 g/mol. The van der Waals surface area contributed by atoms with Crippen LogP contribution in [0.2, 0.25) is 0 Å². The highest BCUT2D eigenvalue weighted by Crippen LogP contribution is 2.66. The number of phosphoric acid groups is 3. The molecule has 4 heterocycles. The second-order valence-corrected chi connectivity index (χ2v) is 11.5. The van der Waals surface area contributed by atoms with Crippen molar-refractivity contribution in [1.82, 2.24) is 19.5 Å². The minimum atomic E-state index is -5.66. The van der Waals surface area contributed by atoms with Gasteiger partial charge in [0.15, 0.2) is 6.23 Å². The fraction of sp³-hybridized carbons (Fsp3) is 0.357. The van der Waals surface area contributed by atoms with Gasteiger partial charge in [-0.3, -0.25) is 4.52 Å². The number of anilines is 1. The van der Waals surface area contributed by atoms with Crippen LogP contribution in [0.1, 0.15) is 12.6 Å². The van der Waals surface area contributed by atoms with E-state index >= 15 is 0 Å². The predicted molar refractivity (Wildman–Crippen MR) is 112 cm³/mol. The predicted octanol–water partition coefficient (Wildman–Crippen LogP) is 0.660. The molecule has 35 heavy (non-hydrogen) atoms. The van der Waals surface area contributed by atoms with Gasteiger partial charge in [0.25, 0.3) is 0 Å².